The number of pyridine rings is 1. The largest absolute Gasteiger partial charge is 0.497 e. The molecule has 4 aromatic rings. The summed E-state index contributed by atoms with van der Waals surface area (Å²) in [5.41, 5.74) is 10.0. The Morgan fingerprint density at radius 1 is 0.900 bits per heavy atom. The van der Waals surface area contributed by atoms with Crippen LogP contribution in [0.3, 0.4) is 0 Å². The number of piperazine rings is 1. The number of nitrogen functional groups attached to an aromatic ring is 1. The number of aromatic nitrogens is 3. The Labute approximate surface area is 175 Å². The third-order valence-corrected chi connectivity index (χ3v) is 5.76. The molecule has 7 heteroatoms. The molecule has 1 aliphatic rings. The average molecular weight is 403 g/mol. The molecule has 0 aliphatic carbocycles. The Bertz CT molecular complexity index is 1180. The van der Waals surface area contributed by atoms with Gasteiger partial charge in [-0.25, -0.2) is 9.97 Å². The van der Waals surface area contributed by atoms with Crippen molar-refractivity contribution in [1.29, 1.82) is 0 Å². The molecule has 0 amide bonds. The minimum atomic E-state index is 0.565. The van der Waals surface area contributed by atoms with Crippen molar-refractivity contribution < 1.29 is 4.74 Å². The summed E-state index contributed by atoms with van der Waals surface area (Å²) in [7, 11) is 1.68. The van der Waals surface area contributed by atoms with Gasteiger partial charge in [0.25, 0.3) is 0 Å². The Morgan fingerprint density at radius 2 is 1.67 bits per heavy atom. The van der Waals surface area contributed by atoms with Gasteiger partial charge in [0.2, 0.25) is 0 Å². The third kappa shape index (κ3) is 3.94. The number of hydrogen-bond acceptors (Lipinski definition) is 6. The molecule has 5 rings (SSSR count). The van der Waals surface area contributed by atoms with Gasteiger partial charge in [-0.15, -0.1) is 0 Å². The van der Waals surface area contributed by atoms with Gasteiger partial charge in [0, 0.05) is 44.2 Å². The number of nitrogens with one attached hydrogen (secondary N) is 1. The molecule has 0 spiro atoms. The molecular weight excluding hydrogens is 376 g/mol. The van der Waals surface area contributed by atoms with Gasteiger partial charge in [-0.05, 0) is 42.0 Å². The van der Waals surface area contributed by atoms with Crippen LogP contribution in [0, 0.1) is 0 Å². The van der Waals surface area contributed by atoms with Gasteiger partial charge >= 0.3 is 0 Å². The number of aromatic amines is 1. The monoisotopic (exact) mass is 402 g/mol. The highest BCUT2D eigenvalue weighted by atomic mass is 16.5. The van der Waals surface area contributed by atoms with E-state index in [4.69, 9.17) is 15.5 Å². The van der Waals surface area contributed by atoms with Gasteiger partial charge in [0.1, 0.15) is 17.4 Å². The first-order valence-corrected chi connectivity index (χ1v) is 10.3. The molecule has 30 heavy (non-hydrogen) atoms. The number of ether oxygens (including phenoxy) is 1. The normalized spacial score (nSPS) is 15.8. The van der Waals surface area contributed by atoms with Crippen molar-refractivity contribution in [3.8, 4) is 5.75 Å². The van der Waals surface area contributed by atoms with E-state index in [0.29, 0.717) is 5.82 Å². The molecule has 0 bridgehead atoms. The van der Waals surface area contributed by atoms with Crippen molar-refractivity contribution in [2.45, 2.75) is 13.1 Å². The summed E-state index contributed by atoms with van der Waals surface area (Å²) in [5.74, 6) is 2.42. The Balaban J connectivity index is 1.19. The second-order valence-electron chi connectivity index (χ2n) is 7.88. The Morgan fingerprint density at radius 3 is 2.47 bits per heavy atom. The maximum atomic E-state index is 5.78. The first-order valence-electron chi connectivity index (χ1n) is 10.3. The minimum Gasteiger partial charge on any atom is -0.497 e. The standard InChI is InChI=1S/C23H26N6O/c1-30-18-4-6-20-21(13-18)27-23(26-20)15-29-10-8-28(9-11-29)14-16-2-5-19-17(12-16)3-7-22(24)25-19/h2-7,12-13H,8-11,14-15H2,1H3,(H2,24,25)(H,26,27). The van der Waals surface area contributed by atoms with Crippen molar-refractivity contribution in [3.63, 3.8) is 0 Å². The summed E-state index contributed by atoms with van der Waals surface area (Å²) < 4.78 is 5.30. The van der Waals surface area contributed by atoms with Crippen molar-refractivity contribution >= 4 is 27.8 Å². The molecule has 0 saturated carbocycles. The van der Waals surface area contributed by atoms with Gasteiger partial charge in [-0.1, -0.05) is 6.07 Å². The number of imidazole rings is 1. The van der Waals surface area contributed by atoms with Crippen molar-refractivity contribution in [3.05, 3.63) is 59.9 Å². The van der Waals surface area contributed by atoms with E-state index in [2.05, 4.69) is 38.0 Å². The zero-order valence-corrected chi connectivity index (χ0v) is 17.1. The number of nitrogens with two attached hydrogens (primary N) is 1. The number of methoxy groups -OCH3 is 1. The minimum absolute atomic E-state index is 0.565. The number of hydrogen-bond donors (Lipinski definition) is 2. The predicted molar refractivity (Wildman–Crippen MR) is 119 cm³/mol. The van der Waals surface area contributed by atoms with Gasteiger partial charge in [-0.2, -0.15) is 0 Å². The Kier molecular flexibility index (Phi) is 4.98. The van der Waals surface area contributed by atoms with Gasteiger partial charge in [-0.3, -0.25) is 9.80 Å². The topological polar surface area (TPSA) is 83.3 Å². The molecule has 1 saturated heterocycles. The van der Waals surface area contributed by atoms with Crippen LogP contribution in [-0.2, 0) is 13.1 Å². The Hall–Kier alpha value is -3.16. The van der Waals surface area contributed by atoms with Gasteiger partial charge in [0.05, 0.1) is 30.2 Å². The molecular formula is C23H26N6O. The number of benzene rings is 2. The molecule has 0 atom stereocenters. The number of H-pyrrole nitrogens is 1. The summed E-state index contributed by atoms with van der Waals surface area (Å²) in [6, 6.07) is 16.3. The van der Waals surface area contributed by atoms with E-state index in [9.17, 15) is 0 Å². The lowest BCUT2D eigenvalue weighted by Gasteiger charge is -2.34. The first kappa shape index (κ1) is 18.8. The number of fused-ring (bicyclic) bond motifs is 2. The summed E-state index contributed by atoms with van der Waals surface area (Å²) in [4.78, 5) is 17.5. The summed E-state index contributed by atoms with van der Waals surface area (Å²) in [5, 5.41) is 1.14. The number of nitrogens with zero attached hydrogens (tertiary/aromatic N) is 4. The molecule has 3 N–H and O–H groups in total. The number of rotatable bonds is 5. The maximum absolute atomic E-state index is 5.78. The van der Waals surface area contributed by atoms with Crippen LogP contribution < -0.4 is 10.5 Å². The van der Waals surface area contributed by atoms with Crippen LogP contribution >= 0.6 is 0 Å². The SMILES string of the molecule is COc1ccc2nc(CN3CCN(Cc4ccc5nc(N)ccc5c4)CC3)[nH]c2c1. The van der Waals surface area contributed by atoms with E-state index in [1.165, 1.54) is 5.56 Å². The van der Waals surface area contributed by atoms with E-state index in [0.717, 1.165) is 72.8 Å². The molecule has 1 fully saturated rings. The maximum Gasteiger partial charge on any atom is 0.124 e. The van der Waals surface area contributed by atoms with E-state index in [1.54, 1.807) is 7.11 Å². The third-order valence-electron chi connectivity index (χ3n) is 5.76. The van der Waals surface area contributed by atoms with E-state index in [-0.39, 0.29) is 0 Å². The van der Waals surface area contributed by atoms with Crippen LogP contribution in [0.2, 0.25) is 0 Å². The average Bonchev–Trinajstić information content (AvgIpc) is 3.16. The second-order valence-corrected chi connectivity index (χ2v) is 7.88. The predicted octanol–water partition coefficient (Wildman–Crippen LogP) is 3.02. The van der Waals surface area contributed by atoms with Crippen molar-refractivity contribution in [2.75, 3.05) is 39.0 Å². The molecule has 3 heterocycles. The quantitative estimate of drug-likeness (QED) is 0.534. The summed E-state index contributed by atoms with van der Waals surface area (Å²) in [6.07, 6.45) is 0. The highest BCUT2D eigenvalue weighted by molar-refractivity contribution is 5.80. The van der Waals surface area contributed by atoms with E-state index >= 15 is 0 Å². The summed E-state index contributed by atoms with van der Waals surface area (Å²) in [6.45, 7) is 5.96. The van der Waals surface area contributed by atoms with Crippen LogP contribution in [-0.4, -0.2) is 58.0 Å². The first-order chi connectivity index (χ1) is 14.7. The molecule has 0 unspecified atom stereocenters. The molecule has 2 aromatic heterocycles. The highest BCUT2D eigenvalue weighted by Gasteiger charge is 2.18. The molecule has 7 nitrogen and oxygen atoms in total. The van der Waals surface area contributed by atoms with Gasteiger partial charge < -0.3 is 15.5 Å². The second kappa shape index (κ2) is 7.93. The van der Waals surface area contributed by atoms with Crippen LogP contribution in [0.5, 0.6) is 5.75 Å². The molecule has 2 aromatic carbocycles. The molecule has 154 valence electrons. The fraction of sp³-hybridized carbons (Fsp3) is 0.304. The highest BCUT2D eigenvalue weighted by Crippen LogP contribution is 2.20. The molecule has 1 aliphatic heterocycles. The lowest BCUT2D eigenvalue weighted by molar-refractivity contribution is 0.120. The van der Waals surface area contributed by atoms with Crippen LogP contribution in [0.1, 0.15) is 11.4 Å². The fourth-order valence-corrected chi connectivity index (χ4v) is 4.11. The summed E-state index contributed by atoms with van der Waals surface area (Å²) >= 11 is 0. The van der Waals surface area contributed by atoms with Crippen LogP contribution in [0.4, 0.5) is 5.82 Å². The lowest BCUT2D eigenvalue weighted by Crippen LogP contribution is -2.45. The smallest absolute Gasteiger partial charge is 0.124 e. The molecule has 0 radical (unpaired) electrons. The van der Waals surface area contributed by atoms with Gasteiger partial charge in [0.15, 0.2) is 0 Å². The fourth-order valence-electron chi connectivity index (χ4n) is 4.11. The lowest BCUT2D eigenvalue weighted by atomic mass is 10.1. The zero-order chi connectivity index (χ0) is 20.5. The number of anilines is 1. The van der Waals surface area contributed by atoms with E-state index < -0.39 is 0 Å². The van der Waals surface area contributed by atoms with Crippen LogP contribution in [0.25, 0.3) is 21.9 Å². The van der Waals surface area contributed by atoms with E-state index in [1.807, 2.05) is 30.3 Å². The van der Waals surface area contributed by atoms with Crippen molar-refractivity contribution in [2.24, 2.45) is 0 Å². The van der Waals surface area contributed by atoms with Crippen LogP contribution in [0.15, 0.2) is 48.5 Å². The zero-order valence-electron chi connectivity index (χ0n) is 17.1. The van der Waals surface area contributed by atoms with Crippen molar-refractivity contribution in [1.82, 2.24) is 24.8 Å².